The molecule has 0 saturated carbocycles. The molecule has 0 aromatic heterocycles. The number of sulfonamides is 1. The third-order valence-corrected chi connectivity index (χ3v) is 7.75. The van der Waals surface area contributed by atoms with Crippen LogP contribution < -0.4 is 9.04 Å². The zero-order valence-electron chi connectivity index (χ0n) is 19.1. The number of ether oxygens (including phenoxy) is 1. The molecule has 6 nitrogen and oxygen atoms in total. The molecule has 0 unspecified atom stereocenters. The van der Waals surface area contributed by atoms with Gasteiger partial charge in [-0.1, -0.05) is 23.8 Å². The monoisotopic (exact) mass is 464 g/mol. The van der Waals surface area contributed by atoms with Crippen molar-refractivity contribution >= 4 is 21.6 Å². The Labute approximate surface area is 195 Å². The van der Waals surface area contributed by atoms with E-state index in [2.05, 4.69) is 6.07 Å². The molecule has 3 aromatic rings. The molecule has 1 amide bonds. The molecule has 0 bridgehead atoms. The molecule has 172 valence electrons. The maximum Gasteiger partial charge on any atom is 0.264 e. The first-order valence-electron chi connectivity index (χ1n) is 11.0. The van der Waals surface area contributed by atoms with Crippen LogP contribution in [-0.4, -0.2) is 39.4 Å². The van der Waals surface area contributed by atoms with Gasteiger partial charge in [-0.05, 0) is 79.9 Å². The lowest BCUT2D eigenvalue weighted by molar-refractivity contribution is 0.0734. The molecular formula is C26H28N2O4S. The minimum Gasteiger partial charge on any atom is -0.494 e. The number of fused-ring (bicyclic) bond motifs is 1. The van der Waals surface area contributed by atoms with Gasteiger partial charge in [-0.25, -0.2) is 8.42 Å². The largest absolute Gasteiger partial charge is 0.494 e. The molecule has 4 rings (SSSR count). The van der Waals surface area contributed by atoms with Gasteiger partial charge >= 0.3 is 0 Å². The van der Waals surface area contributed by atoms with Gasteiger partial charge in [-0.2, -0.15) is 0 Å². The summed E-state index contributed by atoms with van der Waals surface area (Å²) in [7, 11) is -2.16. The SMILES string of the molecule is CCOc1ccc2c(c1)CN(C(=O)c1ccc(N(C)S(=O)(=O)c3ccc(C)cc3)cc1)CC2. The number of amides is 1. The van der Waals surface area contributed by atoms with Crippen LogP contribution in [0.3, 0.4) is 0 Å². The number of hydrogen-bond acceptors (Lipinski definition) is 4. The molecule has 7 heteroatoms. The lowest BCUT2D eigenvalue weighted by atomic mass is 9.98. The highest BCUT2D eigenvalue weighted by Crippen LogP contribution is 2.26. The molecule has 0 saturated heterocycles. The molecule has 1 heterocycles. The summed E-state index contributed by atoms with van der Waals surface area (Å²) in [5.41, 5.74) is 4.36. The van der Waals surface area contributed by atoms with Crippen LogP contribution in [0, 0.1) is 6.92 Å². The average molecular weight is 465 g/mol. The van der Waals surface area contributed by atoms with E-state index >= 15 is 0 Å². The standard InChI is InChI=1S/C26H28N2O4S/c1-4-32-24-12-9-20-15-16-28(18-22(20)17-24)26(29)21-7-10-23(11-8-21)27(3)33(30,31)25-13-5-19(2)6-14-25/h5-14,17H,4,15-16,18H2,1-3H3. The van der Waals surface area contributed by atoms with Crippen LogP contribution in [0.1, 0.15) is 34.0 Å². The summed E-state index contributed by atoms with van der Waals surface area (Å²) >= 11 is 0. The van der Waals surface area contributed by atoms with Gasteiger partial charge in [0.25, 0.3) is 15.9 Å². The van der Waals surface area contributed by atoms with Gasteiger partial charge in [0.15, 0.2) is 0 Å². The van der Waals surface area contributed by atoms with E-state index in [0.717, 1.165) is 23.3 Å². The van der Waals surface area contributed by atoms with E-state index in [1.807, 2.05) is 30.9 Å². The quantitative estimate of drug-likeness (QED) is 0.542. The molecule has 0 fully saturated rings. The second-order valence-corrected chi connectivity index (χ2v) is 10.1. The van der Waals surface area contributed by atoms with Crippen molar-refractivity contribution in [2.24, 2.45) is 0 Å². The number of nitrogens with zero attached hydrogens (tertiary/aromatic N) is 2. The predicted molar refractivity (Wildman–Crippen MR) is 129 cm³/mol. The van der Waals surface area contributed by atoms with Crippen molar-refractivity contribution in [3.63, 3.8) is 0 Å². The second-order valence-electron chi connectivity index (χ2n) is 8.17. The van der Waals surface area contributed by atoms with Gasteiger partial charge < -0.3 is 9.64 Å². The van der Waals surface area contributed by atoms with Crippen LogP contribution in [0.5, 0.6) is 5.75 Å². The lowest BCUT2D eigenvalue weighted by Crippen LogP contribution is -2.36. The van der Waals surface area contributed by atoms with Gasteiger partial charge in [0.05, 0.1) is 17.2 Å². The molecule has 1 aliphatic rings. The smallest absolute Gasteiger partial charge is 0.264 e. The number of carbonyl (C=O) groups excluding carboxylic acids is 1. The minimum absolute atomic E-state index is 0.0712. The maximum absolute atomic E-state index is 13.1. The van der Waals surface area contributed by atoms with Crippen LogP contribution >= 0.6 is 0 Å². The minimum atomic E-state index is -3.68. The summed E-state index contributed by atoms with van der Waals surface area (Å²) in [5, 5.41) is 0. The van der Waals surface area contributed by atoms with Gasteiger partial charge in [-0.3, -0.25) is 9.10 Å². The molecular weight excluding hydrogens is 436 g/mol. The van der Waals surface area contributed by atoms with Crippen LogP contribution in [0.15, 0.2) is 71.6 Å². The van der Waals surface area contributed by atoms with E-state index in [1.165, 1.54) is 16.9 Å². The van der Waals surface area contributed by atoms with Crippen LogP contribution in [0.25, 0.3) is 0 Å². The molecule has 0 radical (unpaired) electrons. The summed E-state index contributed by atoms with van der Waals surface area (Å²) in [6.45, 7) is 5.63. The summed E-state index contributed by atoms with van der Waals surface area (Å²) in [5.74, 6) is 0.741. The van der Waals surface area contributed by atoms with Gasteiger partial charge in [0.1, 0.15) is 5.75 Å². The van der Waals surface area contributed by atoms with Crippen molar-refractivity contribution in [2.45, 2.75) is 31.7 Å². The molecule has 3 aromatic carbocycles. The number of anilines is 1. The lowest BCUT2D eigenvalue weighted by Gasteiger charge is -2.29. The Morgan fingerprint density at radius 1 is 1.00 bits per heavy atom. The van der Waals surface area contributed by atoms with Gasteiger partial charge in [-0.15, -0.1) is 0 Å². The Kier molecular flexibility index (Phi) is 6.42. The van der Waals surface area contributed by atoms with Crippen LogP contribution in [0.2, 0.25) is 0 Å². The topological polar surface area (TPSA) is 66.9 Å². The first-order valence-corrected chi connectivity index (χ1v) is 12.4. The first kappa shape index (κ1) is 22.9. The van der Waals surface area contributed by atoms with Crippen LogP contribution in [-0.2, 0) is 23.0 Å². The van der Waals surface area contributed by atoms with Crippen LogP contribution in [0.4, 0.5) is 5.69 Å². The van der Waals surface area contributed by atoms with Crippen molar-refractivity contribution in [3.05, 3.63) is 89.0 Å². The number of aryl methyl sites for hydroxylation is 1. The second kappa shape index (κ2) is 9.27. The summed E-state index contributed by atoms with van der Waals surface area (Å²) in [6, 6.07) is 19.5. The highest BCUT2D eigenvalue weighted by atomic mass is 32.2. The number of carbonyl (C=O) groups is 1. The number of rotatable bonds is 6. The average Bonchev–Trinajstić information content (AvgIpc) is 2.83. The molecule has 33 heavy (non-hydrogen) atoms. The Morgan fingerprint density at radius 3 is 2.36 bits per heavy atom. The maximum atomic E-state index is 13.1. The fourth-order valence-electron chi connectivity index (χ4n) is 3.97. The summed E-state index contributed by atoms with van der Waals surface area (Å²) in [6.07, 6.45) is 0.795. The van der Waals surface area contributed by atoms with Crippen molar-refractivity contribution in [3.8, 4) is 5.75 Å². The highest BCUT2D eigenvalue weighted by Gasteiger charge is 2.24. The van der Waals surface area contributed by atoms with Crippen molar-refractivity contribution in [1.29, 1.82) is 0 Å². The Hall–Kier alpha value is -3.32. The normalized spacial score (nSPS) is 13.4. The first-order chi connectivity index (χ1) is 15.8. The van der Waals surface area contributed by atoms with E-state index < -0.39 is 10.0 Å². The Morgan fingerprint density at radius 2 is 1.70 bits per heavy atom. The highest BCUT2D eigenvalue weighted by molar-refractivity contribution is 7.92. The number of hydrogen-bond donors (Lipinski definition) is 0. The summed E-state index contributed by atoms with van der Waals surface area (Å²) < 4.78 is 32.7. The third kappa shape index (κ3) is 4.73. The van der Waals surface area contributed by atoms with E-state index in [9.17, 15) is 13.2 Å². The zero-order chi connectivity index (χ0) is 23.6. The van der Waals surface area contributed by atoms with E-state index in [0.29, 0.717) is 30.9 Å². The molecule has 1 aliphatic heterocycles. The predicted octanol–water partition coefficient (Wildman–Crippen LogP) is 4.42. The summed E-state index contributed by atoms with van der Waals surface area (Å²) in [4.78, 5) is 15.2. The van der Waals surface area contributed by atoms with Gasteiger partial charge in [0, 0.05) is 25.7 Å². The fraction of sp³-hybridized carbons (Fsp3) is 0.269. The molecule has 0 atom stereocenters. The third-order valence-electron chi connectivity index (χ3n) is 5.95. The molecule has 0 spiro atoms. The van der Waals surface area contributed by atoms with E-state index in [-0.39, 0.29) is 10.8 Å². The van der Waals surface area contributed by atoms with Gasteiger partial charge in [0.2, 0.25) is 0 Å². The van der Waals surface area contributed by atoms with E-state index in [1.54, 1.807) is 48.5 Å². The molecule has 0 N–H and O–H groups in total. The Balaban J connectivity index is 1.49. The van der Waals surface area contributed by atoms with Crippen molar-refractivity contribution in [1.82, 2.24) is 4.90 Å². The zero-order valence-corrected chi connectivity index (χ0v) is 19.9. The molecule has 0 aliphatic carbocycles. The van der Waals surface area contributed by atoms with E-state index in [4.69, 9.17) is 4.74 Å². The Bertz CT molecular complexity index is 1250. The number of benzene rings is 3. The fourth-order valence-corrected chi connectivity index (χ4v) is 5.16. The van der Waals surface area contributed by atoms with Crippen molar-refractivity contribution < 1.29 is 17.9 Å². The van der Waals surface area contributed by atoms with Crippen molar-refractivity contribution in [2.75, 3.05) is 24.5 Å².